The van der Waals surface area contributed by atoms with E-state index in [1.807, 2.05) is 6.08 Å². The SMILES string of the molecule is CCC(CC)(c1ccc(Nc2ncc(C(F)(F)F)c(Nc3ccc(C4=CCN(C(N)=O)CC4)c4c3C(=O)N(C)C4)n2)c(OC)c1)P(=O)(O)O. The summed E-state index contributed by atoms with van der Waals surface area (Å²) in [6, 6.07) is 7.18. The van der Waals surface area contributed by atoms with Gasteiger partial charge in [-0.05, 0) is 59.7 Å². The molecule has 3 heterocycles. The standard InChI is InChI=1S/C32H37F3N7O6P/c1-5-31(6-2,49(45,46)47)19-7-9-23(25(15-19)48-4)39-30-37-16-22(32(33,34)35)27(40-30)38-24-10-8-20(21-17-41(3)28(43)26(21)24)18-11-13-42(14-12-18)29(36)44/h7-11,15-16H,5-6,12-14,17H2,1-4H3,(H2,36,44)(H2,45,46,47)(H2,37,38,39,40). The maximum absolute atomic E-state index is 14.2. The van der Waals surface area contributed by atoms with Crippen LogP contribution in [0.25, 0.3) is 5.57 Å². The summed E-state index contributed by atoms with van der Waals surface area (Å²) < 4.78 is 60.6. The van der Waals surface area contributed by atoms with E-state index in [2.05, 4.69) is 20.6 Å². The normalized spacial score (nSPS) is 15.2. The first-order valence-electron chi connectivity index (χ1n) is 15.4. The van der Waals surface area contributed by atoms with E-state index in [9.17, 15) is 37.1 Å². The summed E-state index contributed by atoms with van der Waals surface area (Å²) in [7, 11) is -1.66. The number of ether oxygens (including phenoxy) is 1. The van der Waals surface area contributed by atoms with E-state index >= 15 is 0 Å². The number of halogens is 3. The Labute approximate surface area is 280 Å². The number of amides is 3. The molecule has 0 spiro atoms. The van der Waals surface area contributed by atoms with Crippen molar-refractivity contribution in [2.45, 2.75) is 51.0 Å². The zero-order chi connectivity index (χ0) is 35.9. The summed E-state index contributed by atoms with van der Waals surface area (Å²) in [5, 5.41) is 4.12. The third-order valence-electron chi connectivity index (χ3n) is 9.20. The lowest BCUT2D eigenvalue weighted by Crippen LogP contribution is -2.38. The summed E-state index contributed by atoms with van der Waals surface area (Å²) >= 11 is 0. The van der Waals surface area contributed by atoms with Crippen molar-refractivity contribution in [2.75, 3.05) is 37.9 Å². The van der Waals surface area contributed by atoms with Crippen LogP contribution >= 0.6 is 7.60 Å². The highest BCUT2D eigenvalue weighted by Gasteiger charge is 2.45. The first-order valence-corrected chi connectivity index (χ1v) is 17.0. The number of benzene rings is 2. The number of urea groups is 1. The van der Waals surface area contributed by atoms with Gasteiger partial charge in [-0.3, -0.25) is 9.36 Å². The second-order valence-corrected chi connectivity index (χ2v) is 13.8. The molecule has 5 rings (SSSR count). The van der Waals surface area contributed by atoms with Gasteiger partial charge in [0.25, 0.3) is 5.91 Å². The molecule has 0 saturated carbocycles. The molecule has 0 bridgehead atoms. The molecule has 13 nitrogen and oxygen atoms in total. The number of methoxy groups -OCH3 is 1. The average molecular weight is 704 g/mol. The van der Waals surface area contributed by atoms with Gasteiger partial charge in [0.2, 0.25) is 5.95 Å². The van der Waals surface area contributed by atoms with Crippen LogP contribution in [0, 0.1) is 0 Å². The van der Waals surface area contributed by atoms with Crippen molar-refractivity contribution < 1.29 is 41.8 Å². The van der Waals surface area contributed by atoms with E-state index in [4.69, 9.17) is 10.5 Å². The molecule has 3 aromatic rings. The number of aromatic nitrogens is 2. The van der Waals surface area contributed by atoms with Crippen LogP contribution in [-0.4, -0.2) is 68.7 Å². The maximum Gasteiger partial charge on any atom is 0.421 e. The Hall–Kier alpha value is -4.66. The molecule has 0 aliphatic carbocycles. The van der Waals surface area contributed by atoms with Gasteiger partial charge in [-0.15, -0.1) is 0 Å². The Morgan fingerprint density at radius 3 is 2.39 bits per heavy atom. The molecule has 1 aromatic heterocycles. The van der Waals surface area contributed by atoms with Crippen LogP contribution in [0.3, 0.4) is 0 Å². The van der Waals surface area contributed by atoms with Gasteiger partial charge in [0.05, 0.1) is 29.2 Å². The zero-order valence-corrected chi connectivity index (χ0v) is 28.2. The molecule has 2 aliphatic heterocycles. The molecule has 0 saturated heterocycles. The maximum atomic E-state index is 14.2. The van der Waals surface area contributed by atoms with Gasteiger partial charge >= 0.3 is 19.8 Å². The molecule has 17 heteroatoms. The van der Waals surface area contributed by atoms with E-state index in [0.717, 1.165) is 11.1 Å². The van der Waals surface area contributed by atoms with Crippen LogP contribution < -0.4 is 21.1 Å². The minimum atomic E-state index is -4.85. The molecular formula is C32H37F3N7O6P. The Balaban J connectivity index is 1.52. The molecule has 262 valence electrons. The van der Waals surface area contributed by atoms with Crippen LogP contribution in [0.5, 0.6) is 5.75 Å². The minimum Gasteiger partial charge on any atom is -0.495 e. The Kier molecular flexibility index (Phi) is 9.70. The number of fused-ring (bicyclic) bond motifs is 1. The fraction of sp³-hybridized carbons (Fsp3) is 0.375. The predicted molar refractivity (Wildman–Crippen MR) is 177 cm³/mol. The molecule has 49 heavy (non-hydrogen) atoms. The molecule has 6 N–H and O–H groups in total. The van der Waals surface area contributed by atoms with Gasteiger partial charge in [0.1, 0.15) is 17.1 Å². The number of rotatable bonds is 10. The minimum absolute atomic E-state index is 0.119. The number of nitrogens with one attached hydrogen (secondary N) is 2. The average Bonchev–Trinajstić information content (AvgIpc) is 3.35. The van der Waals surface area contributed by atoms with Gasteiger partial charge < -0.3 is 40.7 Å². The number of hydrogen-bond acceptors (Lipinski definition) is 8. The van der Waals surface area contributed by atoms with Crippen LogP contribution in [-0.2, 0) is 22.4 Å². The number of carbonyl (C=O) groups is 2. The van der Waals surface area contributed by atoms with Gasteiger partial charge in [-0.25, -0.2) is 9.78 Å². The second-order valence-electron chi connectivity index (χ2n) is 11.8. The van der Waals surface area contributed by atoms with Gasteiger partial charge in [0.15, 0.2) is 0 Å². The molecule has 0 unspecified atom stereocenters. The van der Waals surface area contributed by atoms with Crippen LogP contribution in [0.1, 0.15) is 65.7 Å². The fourth-order valence-electron chi connectivity index (χ4n) is 6.39. The third-order valence-corrected chi connectivity index (χ3v) is 11.2. The van der Waals surface area contributed by atoms with Crippen molar-refractivity contribution >= 4 is 48.2 Å². The number of carbonyl (C=O) groups excluding carboxylic acids is 2. The molecular weight excluding hydrogens is 666 g/mol. The third kappa shape index (κ3) is 6.67. The summed E-state index contributed by atoms with van der Waals surface area (Å²) in [6.45, 7) is 4.26. The van der Waals surface area contributed by atoms with Gasteiger partial charge in [0, 0.05) is 32.9 Å². The Bertz CT molecular complexity index is 1880. The smallest absolute Gasteiger partial charge is 0.421 e. The largest absolute Gasteiger partial charge is 0.495 e. The van der Waals surface area contributed by atoms with E-state index in [1.54, 1.807) is 27.0 Å². The molecule has 0 fully saturated rings. The van der Waals surface area contributed by atoms with Crippen LogP contribution in [0.15, 0.2) is 42.6 Å². The van der Waals surface area contributed by atoms with Crippen molar-refractivity contribution in [1.82, 2.24) is 19.8 Å². The van der Waals surface area contributed by atoms with Crippen molar-refractivity contribution in [1.29, 1.82) is 0 Å². The summed E-state index contributed by atoms with van der Waals surface area (Å²) in [4.78, 5) is 56.2. The quantitative estimate of drug-likeness (QED) is 0.159. The molecule has 2 aromatic carbocycles. The van der Waals surface area contributed by atoms with Crippen molar-refractivity contribution in [2.24, 2.45) is 5.73 Å². The number of primary amides is 1. The molecule has 0 atom stereocenters. The van der Waals surface area contributed by atoms with Gasteiger partial charge in [-0.1, -0.05) is 32.1 Å². The summed E-state index contributed by atoms with van der Waals surface area (Å²) in [5.41, 5.74) is 7.41. The van der Waals surface area contributed by atoms with Gasteiger partial charge in [-0.2, -0.15) is 18.2 Å². The fourth-order valence-corrected chi connectivity index (χ4v) is 7.69. The topological polar surface area (TPSA) is 183 Å². The number of hydrogen-bond donors (Lipinski definition) is 5. The highest BCUT2D eigenvalue weighted by Crippen LogP contribution is 2.61. The number of anilines is 4. The monoisotopic (exact) mass is 703 g/mol. The number of nitrogens with two attached hydrogens (primary N) is 1. The lowest BCUT2D eigenvalue weighted by Gasteiger charge is -2.33. The number of nitrogens with zero attached hydrogens (tertiary/aromatic N) is 4. The second kappa shape index (κ2) is 13.3. The predicted octanol–water partition coefficient (Wildman–Crippen LogP) is 5.94. The van der Waals surface area contributed by atoms with E-state index < -0.39 is 36.3 Å². The summed E-state index contributed by atoms with van der Waals surface area (Å²) in [5.74, 6) is -1.07. The molecule has 0 radical (unpaired) electrons. The first kappa shape index (κ1) is 35.6. The first-order chi connectivity index (χ1) is 23.0. The Morgan fingerprint density at radius 2 is 1.82 bits per heavy atom. The zero-order valence-electron chi connectivity index (χ0n) is 27.3. The van der Waals surface area contributed by atoms with E-state index in [0.29, 0.717) is 36.8 Å². The number of alkyl halides is 3. The Morgan fingerprint density at radius 1 is 1.12 bits per heavy atom. The molecule has 3 amide bonds. The molecule has 2 aliphatic rings. The van der Waals surface area contributed by atoms with Crippen LogP contribution in [0.4, 0.5) is 41.1 Å². The van der Waals surface area contributed by atoms with E-state index in [-0.39, 0.29) is 53.9 Å². The lowest BCUT2D eigenvalue weighted by atomic mass is 9.92. The van der Waals surface area contributed by atoms with Crippen molar-refractivity contribution in [3.05, 3.63) is 70.4 Å². The highest BCUT2D eigenvalue weighted by molar-refractivity contribution is 7.53. The van der Waals surface area contributed by atoms with Crippen LogP contribution in [0.2, 0.25) is 0 Å². The lowest BCUT2D eigenvalue weighted by molar-refractivity contribution is -0.137. The highest BCUT2D eigenvalue weighted by atomic mass is 31.2. The van der Waals surface area contributed by atoms with E-state index in [1.165, 1.54) is 41.2 Å². The van der Waals surface area contributed by atoms with Crippen molar-refractivity contribution in [3.8, 4) is 5.75 Å². The van der Waals surface area contributed by atoms with Crippen molar-refractivity contribution in [3.63, 3.8) is 0 Å². The summed E-state index contributed by atoms with van der Waals surface area (Å²) in [6.07, 6.45) is -1.60.